The molecule has 1 aliphatic carbocycles. The van der Waals surface area contributed by atoms with Gasteiger partial charge in [0.25, 0.3) is 0 Å². The maximum Gasteiger partial charge on any atom is 0.129 e. The van der Waals surface area contributed by atoms with Gasteiger partial charge in [-0.1, -0.05) is 18.6 Å². The SMILES string of the molecule is CC1=CC(C)CC(C(O)c2cc(F)ccc2F)C1. The summed E-state index contributed by atoms with van der Waals surface area (Å²) in [6.07, 6.45) is 2.77. The third-order valence-corrected chi connectivity index (χ3v) is 3.55. The van der Waals surface area contributed by atoms with Gasteiger partial charge in [0.05, 0.1) is 6.10 Å². The van der Waals surface area contributed by atoms with Gasteiger partial charge in [0.2, 0.25) is 0 Å². The van der Waals surface area contributed by atoms with E-state index in [1.165, 1.54) is 5.57 Å². The summed E-state index contributed by atoms with van der Waals surface area (Å²) in [6, 6.07) is 3.24. The van der Waals surface area contributed by atoms with Gasteiger partial charge in [-0.25, -0.2) is 8.78 Å². The predicted octanol–water partition coefficient (Wildman–Crippen LogP) is 3.99. The van der Waals surface area contributed by atoms with Gasteiger partial charge in [-0.3, -0.25) is 0 Å². The van der Waals surface area contributed by atoms with Crippen molar-refractivity contribution in [3.05, 3.63) is 47.0 Å². The molecule has 0 spiro atoms. The fourth-order valence-corrected chi connectivity index (χ4v) is 2.83. The maximum absolute atomic E-state index is 13.6. The van der Waals surface area contributed by atoms with Gasteiger partial charge in [-0.15, -0.1) is 0 Å². The van der Waals surface area contributed by atoms with Crippen LogP contribution in [0.5, 0.6) is 0 Å². The summed E-state index contributed by atoms with van der Waals surface area (Å²) >= 11 is 0. The van der Waals surface area contributed by atoms with Gasteiger partial charge in [-0.2, -0.15) is 0 Å². The topological polar surface area (TPSA) is 20.2 Å². The number of aliphatic hydroxyl groups is 1. The Morgan fingerprint density at radius 2 is 2.06 bits per heavy atom. The Labute approximate surface area is 106 Å². The lowest BCUT2D eigenvalue weighted by Crippen LogP contribution is -2.20. The molecule has 1 N–H and O–H groups in total. The van der Waals surface area contributed by atoms with Crippen molar-refractivity contribution in [2.24, 2.45) is 11.8 Å². The van der Waals surface area contributed by atoms with Crippen LogP contribution in [-0.2, 0) is 0 Å². The number of hydrogen-bond donors (Lipinski definition) is 1. The monoisotopic (exact) mass is 252 g/mol. The first-order chi connectivity index (χ1) is 8.47. The lowest BCUT2D eigenvalue weighted by Gasteiger charge is -2.29. The van der Waals surface area contributed by atoms with Crippen molar-refractivity contribution in [2.75, 3.05) is 0 Å². The van der Waals surface area contributed by atoms with Crippen molar-refractivity contribution in [1.29, 1.82) is 0 Å². The van der Waals surface area contributed by atoms with E-state index in [0.717, 1.165) is 31.0 Å². The quantitative estimate of drug-likeness (QED) is 0.789. The van der Waals surface area contributed by atoms with Gasteiger partial charge >= 0.3 is 0 Å². The summed E-state index contributed by atoms with van der Waals surface area (Å²) in [5.41, 5.74) is 1.27. The normalized spacial score (nSPS) is 25.7. The summed E-state index contributed by atoms with van der Waals surface area (Å²) in [5.74, 6) is -0.721. The molecular weight excluding hydrogens is 234 g/mol. The van der Waals surface area contributed by atoms with Gasteiger partial charge in [0.1, 0.15) is 11.6 Å². The fourth-order valence-electron chi connectivity index (χ4n) is 2.83. The smallest absolute Gasteiger partial charge is 0.129 e. The minimum Gasteiger partial charge on any atom is -0.388 e. The summed E-state index contributed by atoms with van der Waals surface area (Å²) < 4.78 is 26.8. The van der Waals surface area contributed by atoms with E-state index in [1.807, 2.05) is 6.92 Å². The van der Waals surface area contributed by atoms with E-state index >= 15 is 0 Å². The zero-order chi connectivity index (χ0) is 13.3. The standard InChI is InChI=1S/C15H18F2O/c1-9-5-10(2)7-11(6-9)15(18)13-8-12(16)3-4-14(13)17/h3-5,8-9,11,15,18H,6-7H2,1-2H3. The highest BCUT2D eigenvalue weighted by molar-refractivity contribution is 5.23. The van der Waals surface area contributed by atoms with Crippen molar-refractivity contribution >= 4 is 0 Å². The summed E-state index contributed by atoms with van der Waals surface area (Å²) in [5, 5.41) is 10.3. The van der Waals surface area contributed by atoms with Crippen LogP contribution in [0.1, 0.15) is 38.4 Å². The third kappa shape index (κ3) is 2.78. The molecule has 0 aliphatic heterocycles. The van der Waals surface area contributed by atoms with Crippen LogP contribution in [0.3, 0.4) is 0 Å². The second kappa shape index (κ2) is 5.19. The summed E-state index contributed by atoms with van der Waals surface area (Å²) in [4.78, 5) is 0. The predicted molar refractivity (Wildman–Crippen MR) is 67.0 cm³/mol. The molecule has 0 fully saturated rings. The minimum atomic E-state index is -0.938. The van der Waals surface area contributed by atoms with E-state index in [9.17, 15) is 13.9 Å². The number of aliphatic hydroxyl groups excluding tert-OH is 1. The Hall–Kier alpha value is -1.22. The first kappa shape index (κ1) is 13.2. The Balaban J connectivity index is 2.23. The molecule has 1 aromatic rings. The van der Waals surface area contributed by atoms with Crippen LogP contribution in [0.4, 0.5) is 8.78 Å². The Morgan fingerprint density at radius 3 is 2.72 bits per heavy atom. The van der Waals surface area contributed by atoms with Crippen LogP contribution in [0.15, 0.2) is 29.8 Å². The van der Waals surface area contributed by atoms with Gasteiger partial charge < -0.3 is 5.11 Å². The van der Waals surface area contributed by atoms with Crippen molar-refractivity contribution in [3.63, 3.8) is 0 Å². The van der Waals surface area contributed by atoms with Crippen LogP contribution in [0, 0.1) is 23.5 Å². The highest BCUT2D eigenvalue weighted by atomic mass is 19.1. The lowest BCUT2D eigenvalue weighted by molar-refractivity contribution is 0.0895. The molecule has 18 heavy (non-hydrogen) atoms. The first-order valence-electron chi connectivity index (χ1n) is 6.27. The molecular formula is C15H18F2O. The van der Waals surface area contributed by atoms with Gasteiger partial charge in [0.15, 0.2) is 0 Å². The molecule has 0 bridgehead atoms. The molecule has 3 heteroatoms. The molecule has 3 unspecified atom stereocenters. The number of benzene rings is 1. The van der Waals surface area contributed by atoms with Crippen molar-refractivity contribution in [3.8, 4) is 0 Å². The molecule has 98 valence electrons. The van der Waals surface area contributed by atoms with Crippen LogP contribution in [-0.4, -0.2) is 5.11 Å². The van der Waals surface area contributed by atoms with E-state index in [1.54, 1.807) is 0 Å². The average molecular weight is 252 g/mol. The largest absolute Gasteiger partial charge is 0.388 e. The molecule has 1 nitrogen and oxygen atoms in total. The van der Waals surface area contributed by atoms with E-state index in [4.69, 9.17) is 0 Å². The van der Waals surface area contributed by atoms with E-state index in [2.05, 4.69) is 13.0 Å². The van der Waals surface area contributed by atoms with Gasteiger partial charge in [-0.05, 0) is 49.8 Å². The van der Waals surface area contributed by atoms with Crippen LogP contribution < -0.4 is 0 Å². The molecule has 0 saturated heterocycles. The van der Waals surface area contributed by atoms with E-state index < -0.39 is 17.7 Å². The molecule has 2 rings (SSSR count). The molecule has 0 aromatic heterocycles. The number of halogens is 2. The van der Waals surface area contributed by atoms with Crippen LogP contribution in [0.25, 0.3) is 0 Å². The molecule has 0 heterocycles. The zero-order valence-corrected chi connectivity index (χ0v) is 10.7. The van der Waals surface area contributed by atoms with Crippen LogP contribution in [0.2, 0.25) is 0 Å². The van der Waals surface area contributed by atoms with Crippen molar-refractivity contribution in [2.45, 2.75) is 32.8 Å². The zero-order valence-electron chi connectivity index (χ0n) is 10.7. The second-order valence-corrected chi connectivity index (χ2v) is 5.30. The highest BCUT2D eigenvalue weighted by Gasteiger charge is 2.27. The first-order valence-corrected chi connectivity index (χ1v) is 6.27. The third-order valence-electron chi connectivity index (χ3n) is 3.55. The van der Waals surface area contributed by atoms with E-state index in [0.29, 0.717) is 5.92 Å². The minimum absolute atomic E-state index is 0.0405. The molecule has 0 radical (unpaired) electrons. The Bertz CT molecular complexity index is 468. The average Bonchev–Trinajstić information content (AvgIpc) is 2.30. The molecule has 0 saturated carbocycles. The number of hydrogen-bond acceptors (Lipinski definition) is 1. The maximum atomic E-state index is 13.6. The van der Waals surface area contributed by atoms with Crippen molar-refractivity contribution in [1.82, 2.24) is 0 Å². The Morgan fingerprint density at radius 1 is 1.33 bits per heavy atom. The molecule has 1 aliphatic rings. The Kier molecular flexibility index (Phi) is 3.81. The van der Waals surface area contributed by atoms with E-state index in [-0.39, 0.29) is 11.5 Å². The molecule has 0 amide bonds. The summed E-state index contributed by atoms with van der Waals surface area (Å²) in [6.45, 7) is 4.08. The number of rotatable bonds is 2. The molecule has 3 atom stereocenters. The second-order valence-electron chi connectivity index (χ2n) is 5.30. The number of allylic oxidation sites excluding steroid dienone is 2. The highest BCUT2D eigenvalue weighted by Crippen LogP contribution is 2.37. The van der Waals surface area contributed by atoms with Gasteiger partial charge in [0, 0.05) is 5.56 Å². The fraction of sp³-hybridized carbons (Fsp3) is 0.467. The molecule has 1 aromatic carbocycles. The summed E-state index contributed by atoms with van der Waals surface area (Å²) in [7, 11) is 0. The lowest BCUT2D eigenvalue weighted by atomic mass is 9.79. The van der Waals surface area contributed by atoms with Crippen LogP contribution >= 0.6 is 0 Å². The van der Waals surface area contributed by atoms with Crippen molar-refractivity contribution < 1.29 is 13.9 Å².